The summed E-state index contributed by atoms with van der Waals surface area (Å²) in [6.07, 6.45) is 8.77. The molecule has 1 aliphatic rings. The third-order valence-corrected chi connectivity index (χ3v) is 9.43. The highest BCUT2D eigenvalue weighted by atomic mass is 33.3. The van der Waals surface area contributed by atoms with E-state index < -0.39 is 6.72 Å². The van der Waals surface area contributed by atoms with Crippen LogP contribution in [0.1, 0.15) is 45.4 Å². The van der Waals surface area contributed by atoms with Crippen LogP contribution in [0.4, 0.5) is 0 Å². The Hall–Kier alpha value is 0.360. The largest absolute Gasteiger partial charge is 0.361 e. The Morgan fingerprint density at radius 1 is 1.44 bits per heavy atom. The normalized spacial score (nSPS) is 21.0. The van der Waals surface area contributed by atoms with Crippen molar-refractivity contribution >= 4 is 34.3 Å². The Bertz CT molecular complexity index is 297. The van der Waals surface area contributed by atoms with E-state index in [0.29, 0.717) is 6.04 Å². The summed E-state index contributed by atoms with van der Waals surface area (Å²) in [6, 6.07) is 0.393. The molecule has 0 aliphatic heterocycles. The maximum atomic E-state index is 12.2. The molecular formula is C11H23N2O2PS2. The van der Waals surface area contributed by atoms with Crippen LogP contribution in [-0.2, 0) is 9.09 Å². The minimum Gasteiger partial charge on any atom is -0.309 e. The predicted octanol–water partition coefficient (Wildman–Crippen LogP) is 4.48. The summed E-state index contributed by atoms with van der Waals surface area (Å²) in [5, 5.41) is 2.84. The van der Waals surface area contributed by atoms with E-state index in [-0.39, 0.29) is 0 Å². The molecule has 0 aromatic carbocycles. The molecule has 1 unspecified atom stereocenters. The van der Waals surface area contributed by atoms with E-state index in [1.807, 2.05) is 0 Å². The van der Waals surface area contributed by atoms with Gasteiger partial charge < -0.3 is 4.52 Å². The second kappa shape index (κ2) is 9.29. The van der Waals surface area contributed by atoms with Gasteiger partial charge in [0.2, 0.25) is 0 Å². The van der Waals surface area contributed by atoms with Crippen LogP contribution in [0.2, 0.25) is 0 Å². The van der Waals surface area contributed by atoms with Crippen molar-refractivity contribution in [2.75, 3.05) is 12.9 Å². The molecule has 106 valence electrons. The van der Waals surface area contributed by atoms with E-state index in [1.54, 1.807) is 17.1 Å². The number of rotatable bonds is 8. The van der Waals surface area contributed by atoms with E-state index in [1.165, 1.54) is 36.8 Å². The minimum absolute atomic E-state index is 0.393. The highest BCUT2D eigenvalue weighted by Gasteiger charge is 2.21. The van der Waals surface area contributed by atoms with Gasteiger partial charge in [0.05, 0.1) is 12.4 Å². The second-order valence-electron chi connectivity index (χ2n) is 4.28. The topological polar surface area (TPSA) is 50.7 Å². The second-order valence-corrected chi connectivity index (χ2v) is 10.6. The van der Waals surface area contributed by atoms with Crippen molar-refractivity contribution in [1.29, 1.82) is 0 Å². The van der Waals surface area contributed by atoms with E-state index in [9.17, 15) is 4.57 Å². The first-order valence-electron chi connectivity index (χ1n) is 6.46. The van der Waals surface area contributed by atoms with Gasteiger partial charge in [-0.25, -0.2) is 0 Å². The molecule has 0 aromatic rings. The lowest BCUT2D eigenvalue weighted by Gasteiger charge is -2.18. The standard InChI is InChI=1S/C11H23N2O2PS2/c1-3-9-17-18-16(14,15-2)13-10-12-11-7-5-4-6-8-11/h10-11H,3-9H2,1-2H3,(H,12,13,14). The molecule has 4 nitrogen and oxygen atoms in total. The Balaban J connectivity index is 2.32. The Labute approximate surface area is 118 Å². The van der Waals surface area contributed by atoms with Gasteiger partial charge in [-0.2, -0.15) is 0 Å². The maximum Gasteiger partial charge on any atom is 0.361 e. The fraction of sp³-hybridized carbons (Fsp3) is 0.909. The van der Waals surface area contributed by atoms with Crippen LogP contribution in [0.5, 0.6) is 0 Å². The lowest BCUT2D eigenvalue weighted by molar-refractivity contribution is 0.406. The highest BCUT2D eigenvalue weighted by molar-refractivity contribution is 8.99. The van der Waals surface area contributed by atoms with Crippen molar-refractivity contribution in [3.05, 3.63) is 0 Å². The van der Waals surface area contributed by atoms with Crippen LogP contribution in [0.25, 0.3) is 0 Å². The molecule has 0 radical (unpaired) electrons. The van der Waals surface area contributed by atoms with E-state index in [2.05, 4.69) is 17.0 Å². The van der Waals surface area contributed by atoms with E-state index in [0.717, 1.165) is 25.0 Å². The molecule has 1 fully saturated rings. The lowest BCUT2D eigenvalue weighted by atomic mass is 9.96. The van der Waals surface area contributed by atoms with Gasteiger partial charge in [-0.05, 0) is 19.3 Å². The lowest BCUT2D eigenvalue weighted by Crippen LogP contribution is -2.13. The van der Waals surface area contributed by atoms with Gasteiger partial charge in [0.25, 0.3) is 0 Å². The summed E-state index contributed by atoms with van der Waals surface area (Å²) < 4.78 is 17.3. The summed E-state index contributed by atoms with van der Waals surface area (Å²) in [5.41, 5.74) is 0. The van der Waals surface area contributed by atoms with Gasteiger partial charge in [0.15, 0.2) is 0 Å². The summed E-state index contributed by atoms with van der Waals surface area (Å²) in [6.45, 7) is -0.717. The van der Waals surface area contributed by atoms with Gasteiger partial charge in [-0.1, -0.05) is 37.0 Å². The molecule has 0 saturated heterocycles. The molecule has 18 heavy (non-hydrogen) atoms. The molecule has 1 saturated carbocycles. The first kappa shape index (κ1) is 16.4. The molecule has 7 heteroatoms. The molecule has 0 heterocycles. The molecule has 0 aromatic heterocycles. The first-order valence-corrected chi connectivity index (χ1v) is 11.0. The molecule has 1 rings (SSSR count). The number of hydrogen-bond acceptors (Lipinski definition) is 5. The quantitative estimate of drug-likeness (QED) is 0.235. The molecular weight excluding hydrogens is 287 g/mol. The third-order valence-electron chi connectivity index (χ3n) is 2.75. The van der Waals surface area contributed by atoms with Crippen LogP contribution < -0.4 is 5.09 Å². The number of hydrogen-bond donors (Lipinski definition) is 1. The number of aliphatic imine (C=N–C) groups is 1. The smallest absolute Gasteiger partial charge is 0.309 e. The Kier molecular flexibility index (Phi) is 8.47. The van der Waals surface area contributed by atoms with Crippen molar-refractivity contribution in [3.8, 4) is 0 Å². The fourth-order valence-corrected chi connectivity index (χ4v) is 6.98. The van der Waals surface area contributed by atoms with Crippen molar-refractivity contribution in [2.24, 2.45) is 4.99 Å². The first-order chi connectivity index (χ1) is 8.70. The van der Waals surface area contributed by atoms with Crippen LogP contribution in [0.15, 0.2) is 4.99 Å². The third kappa shape index (κ3) is 6.50. The summed E-state index contributed by atoms with van der Waals surface area (Å²) in [5.74, 6) is 0.972. The molecule has 0 spiro atoms. The highest BCUT2D eigenvalue weighted by Crippen LogP contribution is 2.60. The molecule has 1 atom stereocenters. The fourth-order valence-electron chi connectivity index (χ4n) is 1.73. The SMILES string of the molecule is CCCSSP(=O)(NC=NC1CCCCC1)OC. The molecule has 1 aliphatic carbocycles. The summed E-state index contributed by atoms with van der Waals surface area (Å²) in [4.78, 5) is 4.43. The Morgan fingerprint density at radius 3 is 2.78 bits per heavy atom. The van der Waals surface area contributed by atoms with Gasteiger partial charge in [0, 0.05) is 23.3 Å². The van der Waals surface area contributed by atoms with Crippen LogP contribution in [0, 0.1) is 0 Å². The van der Waals surface area contributed by atoms with E-state index in [4.69, 9.17) is 4.52 Å². The van der Waals surface area contributed by atoms with Crippen LogP contribution >= 0.6 is 27.9 Å². The van der Waals surface area contributed by atoms with Crippen LogP contribution in [-0.4, -0.2) is 25.2 Å². The number of nitrogens with zero attached hydrogens (tertiary/aromatic N) is 1. The average Bonchev–Trinajstić information content (AvgIpc) is 2.40. The van der Waals surface area contributed by atoms with Crippen molar-refractivity contribution in [1.82, 2.24) is 5.09 Å². The zero-order valence-electron chi connectivity index (χ0n) is 11.1. The van der Waals surface area contributed by atoms with Crippen molar-refractivity contribution in [3.63, 3.8) is 0 Å². The van der Waals surface area contributed by atoms with Gasteiger partial charge in [0.1, 0.15) is 0 Å². The van der Waals surface area contributed by atoms with Crippen molar-refractivity contribution < 1.29 is 9.09 Å². The van der Waals surface area contributed by atoms with Gasteiger partial charge in [-0.15, -0.1) is 0 Å². The summed E-state index contributed by atoms with van der Waals surface area (Å²) in [7, 11) is 4.33. The predicted molar refractivity (Wildman–Crippen MR) is 83.5 cm³/mol. The Morgan fingerprint density at radius 2 is 2.17 bits per heavy atom. The van der Waals surface area contributed by atoms with Gasteiger partial charge in [-0.3, -0.25) is 14.6 Å². The van der Waals surface area contributed by atoms with Crippen LogP contribution in [0.3, 0.4) is 0 Å². The minimum atomic E-state index is -2.82. The zero-order chi connectivity index (χ0) is 13.3. The molecule has 0 amide bonds. The van der Waals surface area contributed by atoms with Gasteiger partial charge >= 0.3 is 6.72 Å². The van der Waals surface area contributed by atoms with E-state index >= 15 is 0 Å². The maximum absolute atomic E-state index is 12.2. The average molecular weight is 310 g/mol. The molecule has 1 N–H and O–H groups in total. The summed E-state index contributed by atoms with van der Waals surface area (Å²) >= 11 is 0. The van der Waals surface area contributed by atoms with Crippen molar-refractivity contribution in [2.45, 2.75) is 51.5 Å². The number of nitrogens with one attached hydrogen (secondary N) is 1. The zero-order valence-corrected chi connectivity index (χ0v) is 13.7. The molecule has 0 bridgehead atoms. The monoisotopic (exact) mass is 310 g/mol.